The van der Waals surface area contributed by atoms with Crippen LogP contribution in [0.4, 0.5) is 5.69 Å². The monoisotopic (exact) mass is 317 g/mol. The molecule has 23 heavy (non-hydrogen) atoms. The summed E-state index contributed by atoms with van der Waals surface area (Å²) in [6.45, 7) is 4.74. The number of hydrogen-bond acceptors (Lipinski definition) is 3. The Bertz CT molecular complexity index is 520. The summed E-state index contributed by atoms with van der Waals surface area (Å²) in [4.78, 5) is 26.1. The number of amides is 2. The van der Waals surface area contributed by atoms with Crippen LogP contribution in [0.2, 0.25) is 0 Å². The first-order chi connectivity index (χ1) is 11.1. The molecule has 5 nitrogen and oxygen atoms in total. The number of rotatable bonds is 6. The van der Waals surface area contributed by atoms with Crippen molar-refractivity contribution in [2.75, 3.05) is 32.0 Å². The summed E-state index contributed by atoms with van der Waals surface area (Å²) in [6.07, 6.45) is 3.46. The normalized spacial score (nSPS) is 15.5. The molecular formula is C18H27N3O2. The van der Waals surface area contributed by atoms with Crippen LogP contribution in [-0.2, 0) is 4.79 Å². The molecule has 1 aromatic rings. The lowest BCUT2D eigenvalue weighted by Crippen LogP contribution is -2.37. The van der Waals surface area contributed by atoms with Gasteiger partial charge < -0.3 is 15.5 Å². The number of nitrogens with zero attached hydrogens (tertiary/aromatic N) is 1. The van der Waals surface area contributed by atoms with Crippen LogP contribution < -0.4 is 10.6 Å². The topological polar surface area (TPSA) is 61.4 Å². The molecule has 0 atom stereocenters. The second kappa shape index (κ2) is 8.67. The van der Waals surface area contributed by atoms with Gasteiger partial charge in [0.15, 0.2) is 0 Å². The van der Waals surface area contributed by atoms with Crippen LogP contribution in [0.1, 0.15) is 43.0 Å². The number of carbonyl (C=O) groups excluding carboxylic acids is 2. The fourth-order valence-corrected chi connectivity index (χ4v) is 2.74. The molecule has 0 radical (unpaired) electrons. The van der Waals surface area contributed by atoms with Crippen LogP contribution in [-0.4, -0.2) is 43.4 Å². The number of anilines is 1. The number of benzene rings is 1. The molecule has 1 aliphatic heterocycles. The highest BCUT2D eigenvalue weighted by molar-refractivity contribution is 5.95. The summed E-state index contributed by atoms with van der Waals surface area (Å²) in [5.41, 5.74) is 1.43. The smallest absolute Gasteiger partial charge is 0.253 e. The van der Waals surface area contributed by atoms with Crippen molar-refractivity contribution in [2.24, 2.45) is 5.92 Å². The Kier molecular flexibility index (Phi) is 6.59. The van der Waals surface area contributed by atoms with Gasteiger partial charge in [-0.3, -0.25) is 9.59 Å². The molecule has 0 spiro atoms. The van der Waals surface area contributed by atoms with Gasteiger partial charge in [-0.05, 0) is 63.0 Å². The lowest BCUT2D eigenvalue weighted by atomic mass is 9.98. The van der Waals surface area contributed by atoms with Gasteiger partial charge >= 0.3 is 0 Å². The van der Waals surface area contributed by atoms with Crippen LogP contribution >= 0.6 is 0 Å². The highest BCUT2D eigenvalue weighted by Crippen LogP contribution is 2.19. The average Bonchev–Trinajstić information content (AvgIpc) is 2.56. The zero-order valence-corrected chi connectivity index (χ0v) is 14.1. The van der Waals surface area contributed by atoms with Crippen molar-refractivity contribution in [3.63, 3.8) is 0 Å². The Labute approximate surface area is 138 Å². The maximum absolute atomic E-state index is 12.4. The first-order valence-corrected chi connectivity index (χ1v) is 8.44. The fourth-order valence-electron chi connectivity index (χ4n) is 2.74. The standard InChI is InChI=1S/C18H27N3O2/c1-14-9-12-21(13-10-14)18(23)15-5-7-16(8-6-15)20-17(22)4-3-11-19-2/h5-8,14,19H,3-4,9-13H2,1-2H3,(H,20,22). The van der Waals surface area contributed by atoms with Crippen molar-refractivity contribution in [2.45, 2.75) is 32.6 Å². The first kappa shape index (κ1) is 17.5. The van der Waals surface area contributed by atoms with E-state index in [0.717, 1.165) is 44.6 Å². The summed E-state index contributed by atoms with van der Waals surface area (Å²) >= 11 is 0. The van der Waals surface area contributed by atoms with Gasteiger partial charge in [0, 0.05) is 30.8 Å². The Hall–Kier alpha value is -1.88. The number of piperidine rings is 1. The van der Waals surface area contributed by atoms with Crippen LogP contribution in [0.3, 0.4) is 0 Å². The average molecular weight is 317 g/mol. The zero-order valence-electron chi connectivity index (χ0n) is 14.1. The van der Waals surface area contributed by atoms with Gasteiger partial charge in [0.25, 0.3) is 5.91 Å². The zero-order chi connectivity index (χ0) is 16.7. The second-order valence-electron chi connectivity index (χ2n) is 6.31. The van der Waals surface area contributed by atoms with Crippen molar-refractivity contribution < 1.29 is 9.59 Å². The van der Waals surface area contributed by atoms with E-state index >= 15 is 0 Å². The van der Waals surface area contributed by atoms with Crippen molar-refractivity contribution in [1.82, 2.24) is 10.2 Å². The molecular weight excluding hydrogens is 290 g/mol. The third kappa shape index (κ3) is 5.36. The molecule has 0 saturated carbocycles. The number of nitrogens with one attached hydrogen (secondary N) is 2. The molecule has 1 aliphatic rings. The van der Waals surface area contributed by atoms with E-state index in [0.29, 0.717) is 17.9 Å². The summed E-state index contributed by atoms with van der Waals surface area (Å²) in [7, 11) is 1.87. The minimum atomic E-state index is 0.00402. The quantitative estimate of drug-likeness (QED) is 0.793. The molecule has 0 unspecified atom stereocenters. The van der Waals surface area contributed by atoms with E-state index in [1.165, 1.54) is 0 Å². The number of hydrogen-bond donors (Lipinski definition) is 2. The van der Waals surface area contributed by atoms with Crippen molar-refractivity contribution >= 4 is 17.5 Å². The number of likely N-dealkylation sites (tertiary alicyclic amines) is 1. The highest BCUT2D eigenvalue weighted by atomic mass is 16.2. The maximum atomic E-state index is 12.4. The molecule has 5 heteroatoms. The highest BCUT2D eigenvalue weighted by Gasteiger charge is 2.21. The summed E-state index contributed by atoms with van der Waals surface area (Å²) < 4.78 is 0. The van der Waals surface area contributed by atoms with Crippen LogP contribution in [0.25, 0.3) is 0 Å². The van der Waals surface area contributed by atoms with Crippen molar-refractivity contribution in [3.05, 3.63) is 29.8 Å². The van der Waals surface area contributed by atoms with Gasteiger partial charge in [0.05, 0.1) is 0 Å². The van der Waals surface area contributed by atoms with Crippen LogP contribution in [0.15, 0.2) is 24.3 Å². The molecule has 1 saturated heterocycles. The van der Waals surface area contributed by atoms with Crippen LogP contribution in [0, 0.1) is 5.92 Å². The minimum Gasteiger partial charge on any atom is -0.339 e. The van der Waals surface area contributed by atoms with Gasteiger partial charge in [-0.1, -0.05) is 6.92 Å². The molecule has 126 valence electrons. The maximum Gasteiger partial charge on any atom is 0.253 e. The SMILES string of the molecule is CNCCCC(=O)Nc1ccc(C(=O)N2CCC(C)CC2)cc1. The van der Waals surface area contributed by atoms with Gasteiger partial charge in [-0.25, -0.2) is 0 Å². The molecule has 0 bridgehead atoms. The largest absolute Gasteiger partial charge is 0.339 e. The predicted molar refractivity (Wildman–Crippen MR) is 92.5 cm³/mol. The Morgan fingerprint density at radius 2 is 1.83 bits per heavy atom. The molecule has 0 aliphatic carbocycles. The molecule has 2 N–H and O–H groups in total. The van der Waals surface area contributed by atoms with Crippen molar-refractivity contribution in [3.8, 4) is 0 Å². The van der Waals surface area contributed by atoms with E-state index in [1.54, 1.807) is 24.3 Å². The first-order valence-electron chi connectivity index (χ1n) is 8.44. The van der Waals surface area contributed by atoms with E-state index < -0.39 is 0 Å². The predicted octanol–water partition coefficient (Wildman–Crippen LogP) is 2.50. The summed E-state index contributed by atoms with van der Waals surface area (Å²) in [5, 5.41) is 5.88. The third-order valence-corrected chi connectivity index (χ3v) is 4.32. The van der Waals surface area contributed by atoms with Crippen LogP contribution in [0.5, 0.6) is 0 Å². The van der Waals surface area contributed by atoms with E-state index in [9.17, 15) is 9.59 Å². The van der Waals surface area contributed by atoms with Gasteiger partial charge in [0.1, 0.15) is 0 Å². The van der Waals surface area contributed by atoms with E-state index in [2.05, 4.69) is 17.6 Å². The lowest BCUT2D eigenvalue weighted by Gasteiger charge is -2.30. The summed E-state index contributed by atoms with van der Waals surface area (Å²) in [6, 6.07) is 7.19. The van der Waals surface area contributed by atoms with Gasteiger partial charge in [-0.15, -0.1) is 0 Å². The molecule has 1 fully saturated rings. The minimum absolute atomic E-state index is 0.00402. The molecule has 1 aromatic carbocycles. The molecule has 0 aromatic heterocycles. The Morgan fingerprint density at radius 3 is 2.43 bits per heavy atom. The van der Waals surface area contributed by atoms with Gasteiger partial charge in [0.2, 0.25) is 5.91 Å². The van der Waals surface area contributed by atoms with E-state index in [-0.39, 0.29) is 11.8 Å². The van der Waals surface area contributed by atoms with E-state index in [4.69, 9.17) is 0 Å². The van der Waals surface area contributed by atoms with Gasteiger partial charge in [-0.2, -0.15) is 0 Å². The fraction of sp³-hybridized carbons (Fsp3) is 0.556. The molecule has 2 amide bonds. The summed E-state index contributed by atoms with van der Waals surface area (Å²) in [5.74, 6) is 0.799. The lowest BCUT2D eigenvalue weighted by molar-refractivity contribution is -0.116. The second-order valence-corrected chi connectivity index (χ2v) is 6.31. The Morgan fingerprint density at radius 1 is 1.17 bits per heavy atom. The van der Waals surface area contributed by atoms with E-state index in [1.807, 2.05) is 11.9 Å². The van der Waals surface area contributed by atoms with Crippen molar-refractivity contribution in [1.29, 1.82) is 0 Å². The Balaban J connectivity index is 1.86. The molecule has 1 heterocycles. The molecule has 2 rings (SSSR count). The number of carbonyl (C=O) groups is 2. The third-order valence-electron chi connectivity index (χ3n) is 4.32.